The van der Waals surface area contributed by atoms with Crippen LogP contribution in [-0.4, -0.2) is 65.7 Å². The summed E-state index contributed by atoms with van der Waals surface area (Å²) in [5, 5.41) is 8.46. The van der Waals surface area contributed by atoms with Gasteiger partial charge in [0.1, 0.15) is 18.1 Å². The number of nitrogens with zero attached hydrogens (tertiary/aromatic N) is 1. The topological polar surface area (TPSA) is 151 Å². The lowest BCUT2D eigenvalue weighted by molar-refractivity contribution is -0.144. The Bertz CT molecular complexity index is 927. The second kappa shape index (κ2) is 8.23. The van der Waals surface area contributed by atoms with E-state index in [2.05, 4.69) is 29.8 Å². The largest absolute Gasteiger partial charge is 0.368 e. The summed E-state index contributed by atoms with van der Waals surface area (Å²) < 4.78 is 0. The monoisotopic (exact) mass is 473 g/mol. The molecule has 3 aliphatic carbocycles. The molecule has 5 rings (SSSR count). The predicted octanol–water partition coefficient (Wildman–Crippen LogP) is -0.729. The summed E-state index contributed by atoms with van der Waals surface area (Å²) in [5.74, 6) is -1.59. The molecule has 3 saturated carbocycles. The molecule has 10 heteroatoms. The number of piperidine rings is 1. The van der Waals surface area contributed by atoms with Crippen LogP contribution in [0.4, 0.5) is 0 Å². The first-order valence-corrected chi connectivity index (χ1v) is 12.6. The quantitative estimate of drug-likeness (QED) is 0.348. The van der Waals surface area contributed by atoms with Crippen LogP contribution >= 0.6 is 0 Å². The van der Waals surface area contributed by atoms with Crippen molar-refractivity contribution in [1.29, 1.82) is 0 Å². The number of hydrogen-bond donors (Lipinski definition) is 4. The van der Waals surface area contributed by atoms with Gasteiger partial charge in [-0.2, -0.15) is 0 Å². The number of primary amides is 1. The second-order valence-corrected chi connectivity index (χ2v) is 11.5. The van der Waals surface area contributed by atoms with E-state index in [1.54, 1.807) is 4.90 Å². The van der Waals surface area contributed by atoms with Crippen LogP contribution in [0.1, 0.15) is 52.4 Å². The van der Waals surface area contributed by atoms with Crippen molar-refractivity contribution in [1.82, 2.24) is 20.9 Å². The highest BCUT2D eigenvalue weighted by Gasteiger charge is 2.70. The van der Waals surface area contributed by atoms with Gasteiger partial charge in [-0.1, -0.05) is 13.8 Å². The first-order chi connectivity index (χ1) is 16.1. The van der Waals surface area contributed by atoms with Gasteiger partial charge < -0.3 is 26.6 Å². The lowest BCUT2D eigenvalue weighted by Crippen LogP contribution is -2.58. The normalized spacial score (nSPS) is 32.9. The third-order valence-corrected chi connectivity index (χ3v) is 8.71. The Morgan fingerprint density at radius 1 is 1.09 bits per heavy atom. The fraction of sp³-hybridized carbons (Fsp3) is 0.792. The highest BCUT2D eigenvalue weighted by atomic mass is 16.2. The van der Waals surface area contributed by atoms with E-state index in [-0.39, 0.29) is 59.1 Å². The summed E-state index contributed by atoms with van der Waals surface area (Å²) >= 11 is 0. The van der Waals surface area contributed by atoms with Crippen LogP contribution in [0.3, 0.4) is 0 Å². The number of carbonyl (C=O) groups excluding carboxylic acids is 5. The predicted molar refractivity (Wildman–Crippen MR) is 120 cm³/mol. The summed E-state index contributed by atoms with van der Waals surface area (Å²) in [4.78, 5) is 65.3. The summed E-state index contributed by atoms with van der Waals surface area (Å²) in [5.41, 5.74) is 5.49. The van der Waals surface area contributed by atoms with Crippen molar-refractivity contribution in [3.63, 3.8) is 0 Å². The number of carbonyl (C=O) groups is 5. The fourth-order valence-corrected chi connectivity index (χ4v) is 6.08. The Morgan fingerprint density at radius 2 is 1.79 bits per heavy atom. The zero-order valence-corrected chi connectivity index (χ0v) is 19.8. The van der Waals surface area contributed by atoms with Crippen LogP contribution in [0.2, 0.25) is 0 Å². The zero-order valence-electron chi connectivity index (χ0n) is 19.8. The molecular formula is C24H35N5O5. The molecule has 2 aliphatic heterocycles. The Labute approximate surface area is 199 Å². The van der Waals surface area contributed by atoms with Crippen LogP contribution in [0.5, 0.6) is 0 Å². The van der Waals surface area contributed by atoms with E-state index >= 15 is 0 Å². The average Bonchev–Trinajstić information content (AvgIpc) is 3.72. The number of nitrogens with two attached hydrogens (primary N) is 1. The van der Waals surface area contributed by atoms with E-state index in [1.165, 1.54) is 0 Å². The zero-order chi connectivity index (χ0) is 24.4. The van der Waals surface area contributed by atoms with Crippen molar-refractivity contribution < 1.29 is 24.0 Å². The Morgan fingerprint density at radius 3 is 2.35 bits per heavy atom. The lowest BCUT2D eigenvalue weighted by atomic mass is 9.96. The lowest BCUT2D eigenvalue weighted by Gasteiger charge is -2.34. The minimum absolute atomic E-state index is 0.00294. The first-order valence-electron chi connectivity index (χ1n) is 12.6. The van der Waals surface area contributed by atoms with E-state index < -0.39 is 29.9 Å². The van der Waals surface area contributed by atoms with Gasteiger partial charge in [-0.05, 0) is 61.7 Å². The van der Waals surface area contributed by atoms with Crippen LogP contribution in [0, 0.1) is 35.0 Å². The summed E-state index contributed by atoms with van der Waals surface area (Å²) in [6, 6.07) is -2.29. The van der Waals surface area contributed by atoms with Crippen LogP contribution in [-0.2, 0) is 24.0 Å². The number of amides is 5. The Kier molecular flexibility index (Phi) is 5.60. The molecule has 34 heavy (non-hydrogen) atoms. The number of fused-ring (bicyclic) bond motifs is 1. The smallest absolute Gasteiger partial charge is 0.246 e. The van der Waals surface area contributed by atoms with Crippen molar-refractivity contribution >= 4 is 29.5 Å². The SMILES string of the molecule is CC1(C)[C@@H]2[C@@H](C(=O)N[C@@H](C[C@@H]3CCNC3=O)C(N)=O)N(C(=O)[C@@H](NC(=O)C3CC3)C3CC3)C[C@@H]21. The molecule has 0 bridgehead atoms. The van der Waals surface area contributed by atoms with Gasteiger partial charge in [-0.3, -0.25) is 24.0 Å². The third kappa shape index (κ3) is 4.15. The molecule has 5 amide bonds. The molecule has 2 saturated heterocycles. The van der Waals surface area contributed by atoms with Gasteiger partial charge in [0.25, 0.3) is 0 Å². The Hall–Kier alpha value is -2.65. The molecule has 6 atom stereocenters. The van der Waals surface area contributed by atoms with Gasteiger partial charge in [-0.25, -0.2) is 0 Å². The molecule has 5 N–H and O–H groups in total. The van der Waals surface area contributed by atoms with Crippen LogP contribution in [0.25, 0.3) is 0 Å². The van der Waals surface area contributed by atoms with Crippen LogP contribution in [0.15, 0.2) is 0 Å². The van der Waals surface area contributed by atoms with Gasteiger partial charge in [-0.15, -0.1) is 0 Å². The fourth-order valence-electron chi connectivity index (χ4n) is 6.08. The Balaban J connectivity index is 1.31. The van der Waals surface area contributed by atoms with Gasteiger partial charge in [0.2, 0.25) is 29.5 Å². The molecule has 0 aromatic rings. The molecule has 186 valence electrons. The molecule has 5 fully saturated rings. The van der Waals surface area contributed by atoms with E-state index in [9.17, 15) is 24.0 Å². The highest BCUT2D eigenvalue weighted by Crippen LogP contribution is 2.65. The van der Waals surface area contributed by atoms with Crippen LogP contribution < -0.4 is 21.7 Å². The van der Waals surface area contributed by atoms with E-state index in [1.807, 2.05) is 0 Å². The van der Waals surface area contributed by atoms with Gasteiger partial charge in [0, 0.05) is 24.9 Å². The highest BCUT2D eigenvalue weighted by molar-refractivity contribution is 5.96. The average molecular weight is 474 g/mol. The van der Waals surface area contributed by atoms with E-state index in [0.717, 1.165) is 25.7 Å². The summed E-state index contributed by atoms with van der Waals surface area (Å²) in [6.45, 7) is 5.18. The molecule has 0 radical (unpaired) electrons. The number of likely N-dealkylation sites (tertiary alicyclic amines) is 1. The van der Waals surface area contributed by atoms with Gasteiger partial charge in [0.15, 0.2) is 0 Å². The molecule has 5 aliphatic rings. The standard InChI is InChI=1S/C24H35N5O5/c1-24(2)14-10-29(23(34)17(11-3-4-11)28-21(32)12-5-6-12)18(16(14)24)22(33)27-15(19(25)30)9-13-7-8-26-20(13)31/h11-18H,3-10H2,1-2H3,(H2,25,30)(H,26,31)(H,27,33)(H,28,32)/t13-,14-,15-,16-,17-,18-/m0/s1. The molecular weight excluding hydrogens is 438 g/mol. The molecule has 0 aromatic carbocycles. The molecule has 0 spiro atoms. The number of rotatable bonds is 9. The maximum absolute atomic E-state index is 13.6. The van der Waals surface area contributed by atoms with Crippen molar-refractivity contribution in [3.8, 4) is 0 Å². The molecule has 0 aromatic heterocycles. The van der Waals surface area contributed by atoms with Crippen molar-refractivity contribution in [2.45, 2.75) is 70.5 Å². The van der Waals surface area contributed by atoms with Crippen molar-refractivity contribution in [2.75, 3.05) is 13.1 Å². The van der Waals surface area contributed by atoms with Gasteiger partial charge in [0.05, 0.1) is 0 Å². The van der Waals surface area contributed by atoms with Gasteiger partial charge >= 0.3 is 0 Å². The minimum Gasteiger partial charge on any atom is -0.368 e. The summed E-state index contributed by atoms with van der Waals surface area (Å²) in [7, 11) is 0. The van der Waals surface area contributed by atoms with E-state index in [4.69, 9.17) is 5.73 Å². The maximum Gasteiger partial charge on any atom is 0.246 e. The first kappa shape index (κ1) is 23.1. The molecule has 2 heterocycles. The second-order valence-electron chi connectivity index (χ2n) is 11.5. The molecule has 0 unspecified atom stereocenters. The van der Waals surface area contributed by atoms with E-state index in [0.29, 0.717) is 19.5 Å². The number of hydrogen-bond acceptors (Lipinski definition) is 5. The van der Waals surface area contributed by atoms with Crippen molar-refractivity contribution in [3.05, 3.63) is 0 Å². The number of nitrogens with one attached hydrogen (secondary N) is 3. The molecule has 10 nitrogen and oxygen atoms in total. The maximum atomic E-state index is 13.6. The minimum atomic E-state index is -0.979. The third-order valence-electron chi connectivity index (χ3n) is 8.71. The summed E-state index contributed by atoms with van der Waals surface area (Å²) in [6.07, 6.45) is 4.23. The van der Waals surface area contributed by atoms with Crippen molar-refractivity contribution in [2.24, 2.45) is 40.7 Å².